The third-order valence-corrected chi connectivity index (χ3v) is 6.34. The number of fused-ring (bicyclic) bond motifs is 1. The molecule has 5 nitrogen and oxygen atoms in total. The van der Waals surface area contributed by atoms with E-state index in [-0.39, 0.29) is 11.4 Å². The zero-order valence-corrected chi connectivity index (χ0v) is 17.1. The summed E-state index contributed by atoms with van der Waals surface area (Å²) < 4.78 is 20.3. The van der Waals surface area contributed by atoms with E-state index < -0.39 is 0 Å². The highest BCUT2D eigenvalue weighted by Crippen LogP contribution is 2.28. The van der Waals surface area contributed by atoms with Gasteiger partial charge in [0.1, 0.15) is 5.82 Å². The maximum absolute atomic E-state index is 13.4. The van der Waals surface area contributed by atoms with Crippen LogP contribution in [0.5, 0.6) is 0 Å². The van der Waals surface area contributed by atoms with Gasteiger partial charge in [0.05, 0.1) is 28.5 Å². The minimum absolute atomic E-state index is 0.190. The van der Waals surface area contributed by atoms with Crippen molar-refractivity contribution in [3.63, 3.8) is 0 Å². The van der Waals surface area contributed by atoms with Gasteiger partial charge in [0.15, 0.2) is 15.9 Å². The Balaban J connectivity index is 1.53. The first-order chi connectivity index (χ1) is 14.7. The lowest BCUT2D eigenvalue weighted by atomic mass is 10.2. The Morgan fingerprint density at radius 3 is 2.67 bits per heavy atom. The molecule has 0 N–H and O–H groups in total. The molecule has 0 fully saturated rings. The van der Waals surface area contributed by atoms with Crippen LogP contribution in [0.3, 0.4) is 0 Å². The number of nitrogens with zero attached hydrogens (tertiary/aromatic N) is 3. The molecule has 0 spiro atoms. The molecule has 0 unspecified atom stereocenters. The second-order valence-electron chi connectivity index (χ2n) is 6.44. The predicted octanol–water partition coefficient (Wildman–Crippen LogP) is 5.53. The van der Waals surface area contributed by atoms with E-state index in [1.54, 1.807) is 30.5 Å². The molecule has 3 heterocycles. The summed E-state index contributed by atoms with van der Waals surface area (Å²) >= 11 is 2.91. The van der Waals surface area contributed by atoms with Gasteiger partial charge in [0, 0.05) is 11.1 Å². The number of hydrogen-bond donors (Lipinski definition) is 0. The maximum Gasteiger partial charge on any atom is 0.266 e. The van der Waals surface area contributed by atoms with Crippen molar-refractivity contribution in [3.05, 3.63) is 94.2 Å². The number of aromatic nitrogens is 3. The van der Waals surface area contributed by atoms with Crippen molar-refractivity contribution in [1.82, 2.24) is 14.5 Å². The molecule has 8 heteroatoms. The summed E-state index contributed by atoms with van der Waals surface area (Å²) in [6.45, 7) is 0. The first-order valence-corrected chi connectivity index (χ1v) is 10.9. The summed E-state index contributed by atoms with van der Waals surface area (Å²) in [5, 5.41) is 3.81. The smallest absolute Gasteiger partial charge is 0.266 e. The Morgan fingerprint density at radius 1 is 1.03 bits per heavy atom. The molecule has 0 amide bonds. The van der Waals surface area contributed by atoms with Crippen LogP contribution in [-0.2, 0) is 5.75 Å². The van der Waals surface area contributed by atoms with E-state index in [4.69, 9.17) is 9.40 Å². The first-order valence-electron chi connectivity index (χ1n) is 9.08. The number of benzene rings is 2. The van der Waals surface area contributed by atoms with E-state index in [0.717, 1.165) is 16.5 Å². The molecule has 0 aliphatic rings. The Kier molecular flexibility index (Phi) is 4.94. The van der Waals surface area contributed by atoms with E-state index in [1.807, 2.05) is 29.6 Å². The van der Waals surface area contributed by atoms with Crippen LogP contribution >= 0.6 is 23.1 Å². The summed E-state index contributed by atoms with van der Waals surface area (Å²) in [6.07, 6.45) is 1.62. The van der Waals surface area contributed by atoms with Crippen molar-refractivity contribution in [1.29, 1.82) is 0 Å². The molecule has 30 heavy (non-hydrogen) atoms. The van der Waals surface area contributed by atoms with Gasteiger partial charge in [-0.1, -0.05) is 23.9 Å². The standard InChI is InChI=1S/C22H14FN3O2S2/c23-14-7-9-16(10-8-14)26-21(27)17-4-1-2-5-18(17)25-22(26)30-13-15-12-29-20(24-15)19-6-3-11-28-19/h1-12H,13H2. The molecule has 0 atom stereocenters. The second kappa shape index (κ2) is 7.89. The van der Waals surface area contributed by atoms with Crippen molar-refractivity contribution in [2.45, 2.75) is 10.9 Å². The van der Waals surface area contributed by atoms with Crippen molar-refractivity contribution in [2.75, 3.05) is 0 Å². The Morgan fingerprint density at radius 2 is 1.87 bits per heavy atom. The minimum atomic E-state index is -0.359. The van der Waals surface area contributed by atoms with Gasteiger partial charge < -0.3 is 4.42 Å². The fraction of sp³-hybridized carbons (Fsp3) is 0.0455. The van der Waals surface area contributed by atoms with Crippen LogP contribution in [0.2, 0.25) is 0 Å². The van der Waals surface area contributed by atoms with Crippen molar-refractivity contribution >= 4 is 34.0 Å². The monoisotopic (exact) mass is 435 g/mol. The Labute approximate surface area is 178 Å². The molecule has 5 aromatic rings. The van der Waals surface area contributed by atoms with E-state index in [0.29, 0.717) is 27.5 Å². The Hall–Kier alpha value is -3.23. The third kappa shape index (κ3) is 3.55. The molecule has 2 aromatic carbocycles. The van der Waals surface area contributed by atoms with E-state index in [2.05, 4.69) is 4.98 Å². The molecule has 0 aliphatic heterocycles. The van der Waals surface area contributed by atoms with E-state index in [9.17, 15) is 9.18 Å². The van der Waals surface area contributed by atoms with Crippen LogP contribution in [-0.4, -0.2) is 14.5 Å². The average molecular weight is 436 g/mol. The van der Waals surface area contributed by atoms with Crippen LogP contribution in [0.4, 0.5) is 4.39 Å². The van der Waals surface area contributed by atoms with Gasteiger partial charge in [-0.2, -0.15) is 0 Å². The molecule has 148 valence electrons. The predicted molar refractivity (Wildman–Crippen MR) is 117 cm³/mol. The largest absolute Gasteiger partial charge is 0.462 e. The number of rotatable bonds is 5. The summed E-state index contributed by atoms with van der Waals surface area (Å²) in [5.74, 6) is 0.898. The number of furan rings is 1. The highest BCUT2D eigenvalue weighted by atomic mass is 32.2. The summed E-state index contributed by atoms with van der Waals surface area (Å²) in [6, 6.07) is 16.7. The molecular formula is C22H14FN3O2S2. The Bertz CT molecular complexity index is 1380. The maximum atomic E-state index is 13.4. The van der Waals surface area contributed by atoms with Crippen LogP contribution in [0.25, 0.3) is 27.4 Å². The van der Waals surface area contributed by atoms with Gasteiger partial charge in [0.25, 0.3) is 5.56 Å². The quantitative estimate of drug-likeness (QED) is 0.268. The fourth-order valence-corrected chi connectivity index (χ4v) is 4.85. The highest BCUT2D eigenvalue weighted by molar-refractivity contribution is 7.98. The molecule has 0 saturated carbocycles. The molecule has 0 saturated heterocycles. The minimum Gasteiger partial charge on any atom is -0.462 e. The number of para-hydroxylation sites is 1. The molecule has 5 rings (SSSR count). The summed E-state index contributed by atoms with van der Waals surface area (Å²) in [4.78, 5) is 22.5. The van der Waals surface area contributed by atoms with Gasteiger partial charge in [-0.3, -0.25) is 9.36 Å². The van der Waals surface area contributed by atoms with Gasteiger partial charge in [-0.05, 0) is 48.5 Å². The number of hydrogen-bond acceptors (Lipinski definition) is 6. The van der Waals surface area contributed by atoms with Crippen LogP contribution in [0, 0.1) is 5.82 Å². The fourth-order valence-electron chi connectivity index (χ4n) is 3.05. The lowest BCUT2D eigenvalue weighted by molar-refractivity contribution is 0.581. The zero-order chi connectivity index (χ0) is 20.5. The number of thioether (sulfide) groups is 1. The second-order valence-corrected chi connectivity index (χ2v) is 8.24. The lowest BCUT2D eigenvalue weighted by Crippen LogP contribution is -2.21. The molecular weight excluding hydrogens is 421 g/mol. The van der Waals surface area contributed by atoms with Crippen LogP contribution in [0.15, 0.2) is 86.7 Å². The van der Waals surface area contributed by atoms with Crippen molar-refractivity contribution in [3.8, 4) is 16.5 Å². The van der Waals surface area contributed by atoms with Crippen molar-refractivity contribution < 1.29 is 8.81 Å². The highest BCUT2D eigenvalue weighted by Gasteiger charge is 2.15. The first kappa shape index (κ1) is 18.8. The normalized spacial score (nSPS) is 11.2. The zero-order valence-electron chi connectivity index (χ0n) is 15.5. The van der Waals surface area contributed by atoms with Crippen LogP contribution < -0.4 is 5.56 Å². The third-order valence-electron chi connectivity index (χ3n) is 4.46. The molecule has 3 aromatic heterocycles. The van der Waals surface area contributed by atoms with Crippen molar-refractivity contribution in [2.24, 2.45) is 0 Å². The number of halogens is 1. The van der Waals surface area contributed by atoms with Gasteiger partial charge >= 0.3 is 0 Å². The summed E-state index contributed by atoms with van der Waals surface area (Å²) in [5.41, 5.74) is 1.86. The molecule has 0 aliphatic carbocycles. The summed E-state index contributed by atoms with van der Waals surface area (Å²) in [7, 11) is 0. The van der Waals surface area contributed by atoms with Gasteiger partial charge in [-0.25, -0.2) is 14.4 Å². The van der Waals surface area contributed by atoms with Gasteiger partial charge in [0.2, 0.25) is 0 Å². The SMILES string of the molecule is O=c1c2ccccc2nc(SCc2csc(-c3ccco3)n2)n1-c1ccc(F)cc1. The topological polar surface area (TPSA) is 60.9 Å². The van der Waals surface area contributed by atoms with E-state index in [1.165, 1.54) is 39.8 Å². The van der Waals surface area contributed by atoms with Gasteiger partial charge in [-0.15, -0.1) is 11.3 Å². The molecule has 0 bridgehead atoms. The average Bonchev–Trinajstić information content (AvgIpc) is 3.45. The molecule has 0 radical (unpaired) electrons. The lowest BCUT2D eigenvalue weighted by Gasteiger charge is -2.13. The number of thiazole rings is 1. The van der Waals surface area contributed by atoms with E-state index >= 15 is 0 Å². The van der Waals surface area contributed by atoms with Crippen LogP contribution in [0.1, 0.15) is 5.69 Å².